The predicted molar refractivity (Wildman–Crippen MR) is 118 cm³/mol. The molecule has 2 heterocycles. The molecule has 5 rings (SSSR count). The molecular formula is C26H36O6. The lowest BCUT2D eigenvalue weighted by Gasteiger charge is -2.64. The average molecular weight is 445 g/mol. The molecular weight excluding hydrogens is 408 g/mol. The number of aromatic hydroxyl groups is 1. The summed E-state index contributed by atoms with van der Waals surface area (Å²) < 4.78 is 12.9. The number of carbonyl (C=O) groups excluding carboxylic acids is 1. The lowest BCUT2D eigenvalue weighted by atomic mass is 9.43. The molecule has 7 atom stereocenters. The van der Waals surface area contributed by atoms with Gasteiger partial charge in [0, 0.05) is 29.4 Å². The topological polar surface area (TPSA) is 96.2 Å². The number of aliphatic hydroxyl groups is 2. The molecule has 0 unspecified atom stereocenters. The first-order chi connectivity index (χ1) is 14.9. The highest BCUT2D eigenvalue weighted by Crippen LogP contribution is 2.67. The fourth-order valence-corrected chi connectivity index (χ4v) is 7.87. The van der Waals surface area contributed by atoms with Crippen LogP contribution in [0, 0.1) is 22.7 Å². The molecule has 0 amide bonds. The molecule has 0 aromatic heterocycles. The minimum Gasteiger partial charge on any atom is -0.508 e. The summed E-state index contributed by atoms with van der Waals surface area (Å²) in [4.78, 5) is 11.9. The summed E-state index contributed by atoms with van der Waals surface area (Å²) in [6.45, 7) is 10.4. The maximum atomic E-state index is 11.9. The molecule has 0 bridgehead atoms. The Morgan fingerprint density at radius 2 is 1.94 bits per heavy atom. The minimum atomic E-state index is -0.825. The van der Waals surface area contributed by atoms with Crippen molar-refractivity contribution in [1.29, 1.82) is 0 Å². The van der Waals surface area contributed by atoms with Gasteiger partial charge in [-0.1, -0.05) is 27.7 Å². The Hall–Kier alpha value is -1.63. The fraction of sp³-hybridized carbons (Fsp3) is 0.731. The van der Waals surface area contributed by atoms with E-state index < -0.39 is 23.2 Å². The van der Waals surface area contributed by atoms with E-state index in [0.29, 0.717) is 25.2 Å². The first kappa shape index (κ1) is 22.2. The summed E-state index contributed by atoms with van der Waals surface area (Å²) >= 11 is 0. The van der Waals surface area contributed by atoms with Gasteiger partial charge >= 0.3 is 0 Å². The van der Waals surface area contributed by atoms with Crippen LogP contribution in [-0.4, -0.2) is 38.9 Å². The Kier molecular flexibility index (Phi) is 4.81. The molecule has 6 heteroatoms. The SMILES string of the molecule is CC(=O)C[C@@H]1OCc2cc(O)c3c(c21)O[C@]1(C3)[C@H](C)CC[C@H]2C(C)(C)[C@H](O)[C@H](O)C[C@@]21C. The number of aliphatic hydroxyl groups excluding tert-OH is 2. The summed E-state index contributed by atoms with van der Waals surface area (Å²) in [7, 11) is 0. The number of hydrogen-bond donors (Lipinski definition) is 3. The molecule has 2 aliphatic carbocycles. The zero-order chi connectivity index (χ0) is 23.2. The lowest BCUT2D eigenvalue weighted by molar-refractivity contribution is -0.240. The number of phenolic OH excluding ortho intramolecular Hbond substituents is 1. The Labute approximate surface area is 189 Å². The van der Waals surface area contributed by atoms with Crippen molar-refractivity contribution in [2.75, 3.05) is 0 Å². The number of carbonyl (C=O) groups is 1. The Balaban J connectivity index is 1.64. The van der Waals surface area contributed by atoms with E-state index in [1.54, 1.807) is 13.0 Å². The van der Waals surface area contributed by atoms with Gasteiger partial charge in [0.05, 0.1) is 24.9 Å². The van der Waals surface area contributed by atoms with Gasteiger partial charge in [0.15, 0.2) is 0 Å². The zero-order valence-electron chi connectivity index (χ0n) is 19.8. The van der Waals surface area contributed by atoms with Crippen molar-refractivity contribution >= 4 is 5.78 Å². The van der Waals surface area contributed by atoms with Crippen molar-refractivity contribution in [3.05, 3.63) is 22.8 Å². The quantitative estimate of drug-likeness (QED) is 0.642. The van der Waals surface area contributed by atoms with Crippen molar-refractivity contribution in [3.63, 3.8) is 0 Å². The van der Waals surface area contributed by atoms with Crippen LogP contribution in [0.5, 0.6) is 11.5 Å². The second-order valence-electron chi connectivity index (χ2n) is 11.6. The molecule has 1 aromatic rings. The molecule has 32 heavy (non-hydrogen) atoms. The number of hydrogen-bond acceptors (Lipinski definition) is 6. The van der Waals surface area contributed by atoms with Crippen molar-refractivity contribution in [2.24, 2.45) is 22.7 Å². The molecule has 2 fully saturated rings. The monoisotopic (exact) mass is 444 g/mol. The van der Waals surface area contributed by atoms with Crippen LogP contribution in [0.4, 0.5) is 0 Å². The first-order valence-electron chi connectivity index (χ1n) is 12.0. The van der Waals surface area contributed by atoms with Crippen LogP contribution in [0.15, 0.2) is 6.07 Å². The van der Waals surface area contributed by atoms with Gasteiger partial charge in [-0.3, -0.25) is 4.79 Å². The number of fused-ring (bicyclic) bond motifs is 5. The number of Topliss-reactive ketones (excluding diaryl/α,β-unsaturated/α-hetero) is 1. The highest BCUT2D eigenvalue weighted by molar-refractivity contribution is 5.77. The molecule has 0 saturated heterocycles. The lowest BCUT2D eigenvalue weighted by Crippen LogP contribution is -2.69. The number of ketones is 1. The van der Waals surface area contributed by atoms with Crippen LogP contribution < -0.4 is 4.74 Å². The van der Waals surface area contributed by atoms with E-state index in [2.05, 4.69) is 27.7 Å². The second-order valence-corrected chi connectivity index (χ2v) is 11.6. The van der Waals surface area contributed by atoms with Gasteiger partial charge in [-0.25, -0.2) is 0 Å². The fourth-order valence-electron chi connectivity index (χ4n) is 7.87. The summed E-state index contributed by atoms with van der Waals surface area (Å²) in [6, 6.07) is 1.77. The molecule has 2 aliphatic heterocycles. The van der Waals surface area contributed by atoms with Gasteiger partial charge in [0.25, 0.3) is 0 Å². The zero-order valence-corrected chi connectivity index (χ0v) is 19.8. The third kappa shape index (κ3) is 2.72. The summed E-state index contributed by atoms with van der Waals surface area (Å²) in [6.07, 6.45) is 1.26. The smallest absolute Gasteiger partial charge is 0.133 e. The number of phenols is 1. The molecule has 3 N–H and O–H groups in total. The van der Waals surface area contributed by atoms with E-state index >= 15 is 0 Å². The predicted octanol–water partition coefficient (Wildman–Crippen LogP) is 3.82. The second kappa shape index (κ2) is 6.94. The summed E-state index contributed by atoms with van der Waals surface area (Å²) in [5.41, 5.74) is 1.12. The van der Waals surface area contributed by atoms with Gasteiger partial charge < -0.3 is 24.8 Å². The van der Waals surface area contributed by atoms with Crippen molar-refractivity contribution < 1.29 is 29.6 Å². The maximum absolute atomic E-state index is 11.9. The highest BCUT2D eigenvalue weighted by Gasteiger charge is 2.68. The van der Waals surface area contributed by atoms with Gasteiger partial charge in [-0.15, -0.1) is 0 Å². The van der Waals surface area contributed by atoms with E-state index in [4.69, 9.17) is 9.47 Å². The van der Waals surface area contributed by atoms with Crippen LogP contribution in [0.25, 0.3) is 0 Å². The first-order valence-corrected chi connectivity index (χ1v) is 12.0. The molecule has 4 aliphatic rings. The van der Waals surface area contributed by atoms with E-state index in [9.17, 15) is 20.1 Å². The largest absolute Gasteiger partial charge is 0.508 e. The van der Waals surface area contributed by atoms with Crippen LogP contribution in [-0.2, 0) is 22.6 Å². The van der Waals surface area contributed by atoms with Gasteiger partial charge in [0.2, 0.25) is 0 Å². The minimum absolute atomic E-state index is 0.0570. The Bertz CT molecular complexity index is 970. The van der Waals surface area contributed by atoms with E-state index in [0.717, 1.165) is 29.5 Å². The number of ether oxygens (including phenoxy) is 2. The highest BCUT2D eigenvalue weighted by atomic mass is 16.5. The Morgan fingerprint density at radius 3 is 2.62 bits per heavy atom. The van der Waals surface area contributed by atoms with Crippen molar-refractivity contribution in [1.82, 2.24) is 0 Å². The molecule has 2 saturated carbocycles. The normalized spacial score (nSPS) is 41.7. The maximum Gasteiger partial charge on any atom is 0.133 e. The van der Waals surface area contributed by atoms with Gasteiger partial charge in [-0.05, 0) is 55.1 Å². The van der Waals surface area contributed by atoms with Crippen molar-refractivity contribution in [2.45, 2.75) is 97.2 Å². The molecule has 1 aromatic carbocycles. The van der Waals surface area contributed by atoms with Crippen LogP contribution >= 0.6 is 0 Å². The molecule has 6 nitrogen and oxygen atoms in total. The van der Waals surface area contributed by atoms with E-state index in [1.165, 1.54) is 0 Å². The van der Waals surface area contributed by atoms with Crippen LogP contribution in [0.2, 0.25) is 0 Å². The van der Waals surface area contributed by atoms with Crippen LogP contribution in [0.3, 0.4) is 0 Å². The number of benzene rings is 1. The Morgan fingerprint density at radius 1 is 1.22 bits per heavy atom. The van der Waals surface area contributed by atoms with Crippen LogP contribution in [0.1, 0.15) is 83.1 Å². The van der Waals surface area contributed by atoms with E-state index in [-0.39, 0.29) is 41.3 Å². The summed E-state index contributed by atoms with van der Waals surface area (Å²) in [5.74, 6) is 1.32. The third-order valence-corrected chi connectivity index (χ3v) is 9.52. The third-order valence-electron chi connectivity index (χ3n) is 9.52. The van der Waals surface area contributed by atoms with Crippen molar-refractivity contribution in [3.8, 4) is 11.5 Å². The van der Waals surface area contributed by atoms with Gasteiger partial charge in [0.1, 0.15) is 22.9 Å². The molecule has 176 valence electrons. The van der Waals surface area contributed by atoms with E-state index in [1.807, 2.05) is 0 Å². The molecule has 1 spiro atoms. The molecule has 0 radical (unpaired) electrons. The van der Waals surface area contributed by atoms with Gasteiger partial charge in [-0.2, -0.15) is 0 Å². The average Bonchev–Trinajstić information content (AvgIpc) is 3.27. The standard InChI is InChI=1S/C26H36O6/c1-13-6-7-20-24(3,4)23(30)18(29)11-25(20,5)26(13)10-16-17(28)9-15-12-31-19(8-14(2)27)21(15)22(16)32-26/h9,13,18-20,23,28-30H,6-8,10-12H2,1-5H3/t13-,18-,19+,20+,23-,25+,26-/m1/s1. The number of rotatable bonds is 2. The summed E-state index contributed by atoms with van der Waals surface area (Å²) in [5, 5.41) is 32.7.